The number of aliphatic hydroxyl groups excluding tert-OH is 1. The fourth-order valence-corrected chi connectivity index (χ4v) is 3.23. The van der Waals surface area contributed by atoms with Crippen LogP contribution in [0.15, 0.2) is 40.9 Å². The molecule has 0 aromatic heterocycles. The molecule has 1 aromatic rings. The van der Waals surface area contributed by atoms with Gasteiger partial charge < -0.3 is 10.4 Å². The van der Waals surface area contributed by atoms with E-state index >= 15 is 0 Å². The van der Waals surface area contributed by atoms with Gasteiger partial charge in [0.05, 0.1) is 11.0 Å². The molecule has 2 N–H and O–H groups in total. The van der Waals surface area contributed by atoms with Crippen LogP contribution in [0.5, 0.6) is 0 Å². The van der Waals surface area contributed by atoms with E-state index in [2.05, 4.69) is 5.32 Å². The molecule has 0 heterocycles. The number of benzene rings is 1. The summed E-state index contributed by atoms with van der Waals surface area (Å²) < 4.78 is 24.3. The molecule has 1 fully saturated rings. The van der Waals surface area contributed by atoms with E-state index in [1.807, 2.05) is 6.92 Å². The smallest absolute Gasteiger partial charge is 0.196 e. The van der Waals surface area contributed by atoms with Crippen LogP contribution in [0.3, 0.4) is 0 Å². The van der Waals surface area contributed by atoms with E-state index in [1.54, 1.807) is 24.3 Å². The number of hydrogen-bond acceptors (Lipinski definition) is 5. The van der Waals surface area contributed by atoms with Crippen LogP contribution in [0.25, 0.3) is 0 Å². The van der Waals surface area contributed by atoms with Crippen LogP contribution < -0.4 is 5.32 Å². The zero-order valence-corrected chi connectivity index (χ0v) is 12.7. The second kappa shape index (κ2) is 6.41. The van der Waals surface area contributed by atoms with E-state index in [0.717, 1.165) is 12.0 Å². The predicted octanol–water partition coefficient (Wildman–Crippen LogP) is 1.18. The molecule has 1 aromatic carbocycles. The van der Waals surface area contributed by atoms with Gasteiger partial charge in [0.2, 0.25) is 0 Å². The Labute approximate surface area is 124 Å². The third kappa shape index (κ3) is 3.71. The van der Waals surface area contributed by atoms with E-state index in [1.165, 1.54) is 6.20 Å². The fourth-order valence-electron chi connectivity index (χ4n) is 2.21. The normalized spacial score (nSPS) is 21.0. The molecule has 6 heteroatoms. The highest BCUT2D eigenvalue weighted by Gasteiger charge is 2.26. The van der Waals surface area contributed by atoms with Crippen molar-refractivity contribution in [3.05, 3.63) is 41.6 Å². The molecule has 0 bridgehead atoms. The highest BCUT2D eigenvalue weighted by molar-refractivity contribution is 7.91. The second-order valence-corrected chi connectivity index (χ2v) is 7.03. The predicted molar refractivity (Wildman–Crippen MR) is 79.3 cm³/mol. The molecule has 1 saturated carbocycles. The summed E-state index contributed by atoms with van der Waals surface area (Å²) in [6.45, 7) is 2.00. The molecule has 21 heavy (non-hydrogen) atoms. The monoisotopic (exact) mass is 309 g/mol. The molecule has 1 atom stereocenters. The Morgan fingerprint density at radius 1 is 1.33 bits per heavy atom. The number of rotatable bonds is 5. The fraction of sp³-hybridized carbons (Fsp3) is 0.400. The van der Waals surface area contributed by atoms with Gasteiger partial charge in [-0.3, -0.25) is 4.79 Å². The summed E-state index contributed by atoms with van der Waals surface area (Å²) in [5.41, 5.74) is 1.33. The van der Waals surface area contributed by atoms with Crippen molar-refractivity contribution in [1.82, 2.24) is 5.32 Å². The Morgan fingerprint density at radius 2 is 2.00 bits per heavy atom. The molecule has 1 aliphatic rings. The lowest BCUT2D eigenvalue weighted by Crippen LogP contribution is -2.21. The highest BCUT2D eigenvalue weighted by Crippen LogP contribution is 2.20. The van der Waals surface area contributed by atoms with Gasteiger partial charge in [0.1, 0.15) is 5.88 Å². The van der Waals surface area contributed by atoms with Gasteiger partial charge in [-0.15, -0.1) is 0 Å². The molecule has 2 rings (SSSR count). The first-order valence-electron chi connectivity index (χ1n) is 6.90. The quantitative estimate of drug-likeness (QED) is 0.798. The van der Waals surface area contributed by atoms with Gasteiger partial charge in [0.15, 0.2) is 15.6 Å². The van der Waals surface area contributed by atoms with Crippen LogP contribution in [0.2, 0.25) is 0 Å². The standard InChI is InChI=1S/C15H19NO4S/c1-2-11-3-5-12(6-4-11)21(19,20)10-16-9-13-14(17)7-8-15(13)18/h3-6,9,14,16-17H,2,7-8,10H2,1H3/b13-9-. The number of carbonyl (C=O) groups is 1. The Bertz CT molecular complexity index is 647. The van der Waals surface area contributed by atoms with Crippen molar-refractivity contribution in [2.45, 2.75) is 37.2 Å². The molecule has 0 saturated heterocycles. The van der Waals surface area contributed by atoms with Crippen LogP contribution >= 0.6 is 0 Å². The van der Waals surface area contributed by atoms with Crippen LogP contribution in [0, 0.1) is 0 Å². The number of sulfone groups is 1. The lowest BCUT2D eigenvalue weighted by atomic mass is 10.2. The number of hydrogen-bond donors (Lipinski definition) is 2. The maximum atomic E-state index is 12.1. The molecule has 1 aliphatic carbocycles. The van der Waals surface area contributed by atoms with Crippen LogP contribution in [0.4, 0.5) is 0 Å². The summed E-state index contributed by atoms with van der Waals surface area (Å²) in [6.07, 6.45) is 2.08. The first-order chi connectivity index (χ1) is 9.94. The van der Waals surface area contributed by atoms with Gasteiger partial charge in [-0.25, -0.2) is 8.42 Å². The Kier molecular flexibility index (Phi) is 4.80. The molecule has 0 amide bonds. The number of Topliss-reactive ketones (excluding diaryl/α,β-unsaturated/α-hetero) is 1. The number of nitrogens with one attached hydrogen (secondary N) is 1. The minimum absolute atomic E-state index is 0.139. The maximum Gasteiger partial charge on any atom is 0.196 e. The van der Waals surface area contributed by atoms with Gasteiger partial charge in [0, 0.05) is 18.2 Å². The zero-order chi connectivity index (χ0) is 15.5. The van der Waals surface area contributed by atoms with Crippen molar-refractivity contribution in [3.8, 4) is 0 Å². The zero-order valence-electron chi connectivity index (χ0n) is 11.9. The topological polar surface area (TPSA) is 83.5 Å². The lowest BCUT2D eigenvalue weighted by molar-refractivity contribution is -0.114. The summed E-state index contributed by atoms with van der Waals surface area (Å²) in [5.74, 6) is -0.443. The number of aliphatic hydroxyl groups is 1. The van der Waals surface area contributed by atoms with E-state index in [0.29, 0.717) is 12.8 Å². The summed E-state index contributed by atoms with van der Waals surface area (Å²) >= 11 is 0. The number of ketones is 1. The molecule has 0 radical (unpaired) electrons. The highest BCUT2D eigenvalue weighted by atomic mass is 32.2. The number of aryl methyl sites for hydroxylation is 1. The SMILES string of the molecule is CCc1ccc(S(=O)(=O)CN/C=C2\C(=O)CCC2O)cc1. The third-order valence-electron chi connectivity index (χ3n) is 3.55. The van der Waals surface area contributed by atoms with Crippen molar-refractivity contribution in [1.29, 1.82) is 0 Å². The minimum Gasteiger partial charge on any atom is -0.388 e. The molecule has 0 aliphatic heterocycles. The second-order valence-electron chi connectivity index (χ2n) is 5.04. The van der Waals surface area contributed by atoms with Gasteiger partial charge >= 0.3 is 0 Å². The minimum atomic E-state index is -3.46. The third-order valence-corrected chi connectivity index (χ3v) is 5.08. The average Bonchev–Trinajstić information content (AvgIpc) is 2.79. The summed E-state index contributed by atoms with van der Waals surface area (Å²) in [7, 11) is -3.46. The van der Waals surface area contributed by atoms with Crippen molar-refractivity contribution in [3.63, 3.8) is 0 Å². The Morgan fingerprint density at radius 3 is 2.52 bits per heavy atom. The van der Waals surface area contributed by atoms with Crippen LogP contribution in [-0.2, 0) is 21.1 Å². The molecular formula is C15H19NO4S. The maximum absolute atomic E-state index is 12.1. The van der Waals surface area contributed by atoms with Gasteiger partial charge in [-0.1, -0.05) is 19.1 Å². The van der Waals surface area contributed by atoms with E-state index < -0.39 is 15.9 Å². The van der Waals surface area contributed by atoms with Crippen molar-refractivity contribution in [2.24, 2.45) is 0 Å². The summed E-state index contributed by atoms with van der Waals surface area (Å²) in [6, 6.07) is 6.74. The Balaban J connectivity index is 2.04. The van der Waals surface area contributed by atoms with E-state index in [9.17, 15) is 18.3 Å². The van der Waals surface area contributed by atoms with Crippen LogP contribution in [-0.4, -0.2) is 31.3 Å². The van der Waals surface area contributed by atoms with Gasteiger partial charge in [-0.2, -0.15) is 0 Å². The van der Waals surface area contributed by atoms with E-state index in [4.69, 9.17) is 0 Å². The van der Waals surface area contributed by atoms with E-state index in [-0.39, 0.29) is 22.1 Å². The van der Waals surface area contributed by atoms with Crippen LogP contribution in [0.1, 0.15) is 25.3 Å². The largest absolute Gasteiger partial charge is 0.388 e. The molecule has 0 spiro atoms. The number of carbonyl (C=O) groups excluding carboxylic acids is 1. The van der Waals surface area contributed by atoms with Gasteiger partial charge in [-0.05, 0) is 30.5 Å². The lowest BCUT2D eigenvalue weighted by Gasteiger charge is -2.07. The molecular weight excluding hydrogens is 290 g/mol. The van der Waals surface area contributed by atoms with Crippen molar-refractivity contribution >= 4 is 15.6 Å². The molecule has 5 nitrogen and oxygen atoms in total. The Hall–Kier alpha value is -1.66. The van der Waals surface area contributed by atoms with Crippen molar-refractivity contribution < 1.29 is 18.3 Å². The average molecular weight is 309 g/mol. The van der Waals surface area contributed by atoms with Gasteiger partial charge in [0.25, 0.3) is 0 Å². The summed E-state index contributed by atoms with van der Waals surface area (Å²) in [5, 5.41) is 12.2. The van der Waals surface area contributed by atoms with Crippen molar-refractivity contribution in [2.75, 3.05) is 5.88 Å². The summed E-state index contributed by atoms with van der Waals surface area (Å²) in [4.78, 5) is 11.7. The molecule has 114 valence electrons. The first-order valence-corrected chi connectivity index (χ1v) is 8.55. The molecule has 1 unspecified atom stereocenters. The first kappa shape index (κ1) is 15.7.